The van der Waals surface area contributed by atoms with Gasteiger partial charge in [-0.1, -0.05) is 41.0 Å². The number of hydrogen-bond acceptors (Lipinski definition) is 3. The predicted molar refractivity (Wildman–Crippen MR) is 128 cm³/mol. The third-order valence-corrected chi connectivity index (χ3v) is 6.77. The summed E-state index contributed by atoms with van der Waals surface area (Å²) in [6.07, 6.45) is 6.46. The van der Waals surface area contributed by atoms with Gasteiger partial charge >= 0.3 is 0 Å². The van der Waals surface area contributed by atoms with E-state index in [0.29, 0.717) is 16.7 Å². The molecular formula is C25H43ClN2O. The molecule has 1 saturated heterocycles. The lowest BCUT2D eigenvalue weighted by atomic mass is 9.60. The molecule has 0 spiro atoms. The third kappa shape index (κ3) is 6.28. The van der Waals surface area contributed by atoms with Gasteiger partial charge in [0.25, 0.3) is 0 Å². The molecule has 0 atom stereocenters. The van der Waals surface area contributed by atoms with Gasteiger partial charge in [-0.2, -0.15) is 0 Å². The number of rotatable bonds is 6. The van der Waals surface area contributed by atoms with Gasteiger partial charge in [0.05, 0.1) is 7.11 Å². The van der Waals surface area contributed by atoms with E-state index in [9.17, 15) is 0 Å². The number of halogens is 1. The van der Waals surface area contributed by atoms with Gasteiger partial charge in [-0.3, -0.25) is 4.90 Å². The molecule has 166 valence electrons. The number of anilines is 1. The van der Waals surface area contributed by atoms with Crippen LogP contribution in [0.15, 0.2) is 18.2 Å². The third-order valence-electron chi connectivity index (χ3n) is 6.77. The highest BCUT2D eigenvalue weighted by molar-refractivity contribution is 5.85. The lowest BCUT2D eigenvalue weighted by Crippen LogP contribution is -2.47. The Balaban J connectivity index is 0.00000300. The zero-order valence-electron chi connectivity index (χ0n) is 19.6. The summed E-state index contributed by atoms with van der Waals surface area (Å²) >= 11 is 0. The Morgan fingerprint density at radius 2 is 1.62 bits per heavy atom. The second-order valence-electron chi connectivity index (χ2n) is 10.7. The molecule has 0 amide bonds. The smallest absolute Gasteiger partial charge is 0.119 e. The average molecular weight is 423 g/mol. The lowest BCUT2D eigenvalue weighted by Gasteiger charge is -2.46. The van der Waals surface area contributed by atoms with E-state index < -0.39 is 0 Å². The molecule has 1 aromatic rings. The van der Waals surface area contributed by atoms with Crippen LogP contribution in [0.25, 0.3) is 0 Å². The van der Waals surface area contributed by atoms with Crippen molar-refractivity contribution in [1.82, 2.24) is 4.90 Å². The molecule has 1 aliphatic heterocycles. The largest absolute Gasteiger partial charge is 0.497 e. The molecule has 1 aromatic carbocycles. The standard InChI is InChI=1S/C25H42N2O.ClH/c1-7-8-11-26-12-14-27(15-13-26)23-10-9-21(28-6)16-22(23)20-17-24(2,3)19-25(4,5)18-20;/h9-10,16,20H,7-8,11-15,17-19H2,1-6H3;1H. The monoisotopic (exact) mass is 422 g/mol. The number of benzene rings is 1. The van der Waals surface area contributed by atoms with Crippen molar-refractivity contribution in [2.24, 2.45) is 10.8 Å². The highest BCUT2D eigenvalue weighted by Gasteiger charge is 2.40. The summed E-state index contributed by atoms with van der Waals surface area (Å²) < 4.78 is 5.63. The number of unbranched alkanes of at least 4 members (excludes halogenated alkanes) is 1. The van der Waals surface area contributed by atoms with Crippen LogP contribution in [0.2, 0.25) is 0 Å². The van der Waals surface area contributed by atoms with Gasteiger partial charge in [0, 0.05) is 31.9 Å². The first-order chi connectivity index (χ1) is 13.2. The fourth-order valence-electron chi connectivity index (χ4n) is 5.93. The first kappa shape index (κ1) is 24.3. The predicted octanol–water partition coefficient (Wildman–Crippen LogP) is 6.36. The summed E-state index contributed by atoms with van der Waals surface area (Å²) in [6, 6.07) is 6.81. The average Bonchev–Trinajstić information content (AvgIpc) is 2.64. The molecule has 29 heavy (non-hydrogen) atoms. The Labute approximate surface area is 185 Å². The molecule has 0 radical (unpaired) electrons. The minimum Gasteiger partial charge on any atom is -0.497 e. The zero-order valence-corrected chi connectivity index (χ0v) is 20.4. The summed E-state index contributed by atoms with van der Waals surface area (Å²) in [5, 5.41) is 0. The fraction of sp³-hybridized carbons (Fsp3) is 0.760. The quantitative estimate of drug-likeness (QED) is 0.530. The molecule has 1 heterocycles. The van der Waals surface area contributed by atoms with Crippen LogP contribution in [-0.2, 0) is 0 Å². The molecule has 3 rings (SSSR count). The number of piperazine rings is 1. The SMILES string of the molecule is CCCCN1CCN(c2ccc(OC)cc2C2CC(C)(C)CC(C)(C)C2)CC1.Cl. The molecule has 1 saturated carbocycles. The number of nitrogens with zero attached hydrogens (tertiary/aromatic N) is 2. The molecule has 2 fully saturated rings. The van der Waals surface area contributed by atoms with Gasteiger partial charge in [0.2, 0.25) is 0 Å². The Bertz CT molecular complexity index is 634. The zero-order chi connectivity index (χ0) is 20.4. The van der Waals surface area contributed by atoms with E-state index in [1.165, 1.54) is 63.0 Å². The highest BCUT2D eigenvalue weighted by atomic mass is 35.5. The summed E-state index contributed by atoms with van der Waals surface area (Å²) in [7, 11) is 1.79. The molecule has 0 aromatic heterocycles. The van der Waals surface area contributed by atoms with E-state index >= 15 is 0 Å². The normalized spacial score (nSPS) is 22.2. The van der Waals surface area contributed by atoms with Gasteiger partial charge in [0.1, 0.15) is 5.75 Å². The maximum Gasteiger partial charge on any atom is 0.119 e. The van der Waals surface area contributed by atoms with Gasteiger partial charge in [-0.25, -0.2) is 0 Å². The van der Waals surface area contributed by atoms with Gasteiger partial charge in [0.15, 0.2) is 0 Å². The Kier molecular flexibility index (Phi) is 8.32. The second kappa shape index (κ2) is 9.92. The molecule has 3 nitrogen and oxygen atoms in total. The minimum atomic E-state index is 0. The van der Waals surface area contributed by atoms with Crippen molar-refractivity contribution in [2.45, 2.75) is 72.6 Å². The van der Waals surface area contributed by atoms with Crippen molar-refractivity contribution in [3.05, 3.63) is 23.8 Å². The molecular weight excluding hydrogens is 380 g/mol. The minimum absolute atomic E-state index is 0. The first-order valence-corrected chi connectivity index (χ1v) is 11.4. The first-order valence-electron chi connectivity index (χ1n) is 11.4. The van der Waals surface area contributed by atoms with Gasteiger partial charge in [-0.15, -0.1) is 12.4 Å². The van der Waals surface area contributed by atoms with Crippen LogP contribution in [0.5, 0.6) is 5.75 Å². The van der Waals surface area contributed by atoms with Crippen LogP contribution in [0.4, 0.5) is 5.69 Å². The Hall–Kier alpha value is -0.930. The molecule has 2 aliphatic rings. The van der Waals surface area contributed by atoms with Crippen LogP contribution in [0, 0.1) is 10.8 Å². The van der Waals surface area contributed by atoms with Crippen LogP contribution < -0.4 is 9.64 Å². The molecule has 0 N–H and O–H groups in total. The van der Waals surface area contributed by atoms with E-state index in [4.69, 9.17) is 4.74 Å². The van der Waals surface area contributed by atoms with Crippen LogP contribution in [0.1, 0.15) is 78.2 Å². The second-order valence-corrected chi connectivity index (χ2v) is 10.7. The van der Waals surface area contributed by atoms with Crippen molar-refractivity contribution in [3.8, 4) is 5.75 Å². The molecule has 0 unspecified atom stereocenters. The van der Waals surface area contributed by atoms with Crippen molar-refractivity contribution >= 4 is 18.1 Å². The van der Waals surface area contributed by atoms with E-state index in [2.05, 4.69) is 62.6 Å². The summed E-state index contributed by atoms with van der Waals surface area (Å²) in [5.74, 6) is 1.61. The maximum absolute atomic E-state index is 5.63. The van der Waals surface area contributed by atoms with Crippen molar-refractivity contribution < 1.29 is 4.74 Å². The molecule has 0 bridgehead atoms. The number of hydrogen-bond donors (Lipinski definition) is 0. The summed E-state index contributed by atoms with van der Waals surface area (Å²) in [4.78, 5) is 5.27. The van der Waals surface area contributed by atoms with E-state index in [1.807, 2.05) is 0 Å². The number of ether oxygens (including phenoxy) is 1. The fourth-order valence-corrected chi connectivity index (χ4v) is 5.93. The summed E-state index contributed by atoms with van der Waals surface area (Å²) in [6.45, 7) is 18.0. The lowest BCUT2D eigenvalue weighted by molar-refractivity contribution is 0.0969. The maximum atomic E-state index is 5.63. The topological polar surface area (TPSA) is 15.7 Å². The Morgan fingerprint density at radius 1 is 1.00 bits per heavy atom. The Morgan fingerprint density at radius 3 is 2.17 bits per heavy atom. The molecule has 1 aliphatic carbocycles. The highest BCUT2D eigenvalue weighted by Crippen LogP contribution is 2.53. The van der Waals surface area contributed by atoms with E-state index in [1.54, 1.807) is 7.11 Å². The molecule has 4 heteroatoms. The van der Waals surface area contributed by atoms with Gasteiger partial charge in [-0.05, 0) is 72.7 Å². The van der Waals surface area contributed by atoms with Crippen molar-refractivity contribution in [2.75, 3.05) is 44.7 Å². The van der Waals surface area contributed by atoms with Gasteiger partial charge < -0.3 is 9.64 Å². The number of methoxy groups -OCH3 is 1. The van der Waals surface area contributed by atoms with Crippen LogP contribution >= 0.6 is 12.4 Å². The van der Waals surface area contributed by atoms with Crippen LogP contribution in [-0.4, -0.2) is 44.7 Å². The van der Waals surface area contributed by atoms with E-state index in [-0.39, 0.29) is 12.4 Å². The van der Waals surface area contributed by atoms with Crippen LogP contribution in [0.3, 0.4) is 0 Å². The summed E-state index contributed by atoms with van der Waals surface area (Å²) in [5.41, 5.74) is 3.76. The van der Waals surface area contributed by atoms with Crippen molar-refractivity contribution in [3.63, 3.8) is 0 Å². The van der Waals surface area contributed by atoms with Crippen molar-refractivity contribution in [1.29, 1.82) is 0 Å². The van der Waals surface area contributed by atoms with E-state index in [0.717, 1.165) is 18.8 Å².